The summed E-state index contributed by atoms with van der Waals surface area (Å²) in [4.78, 5) is 12.4. The zero-order valence-electron chi connectivity index (χ0n) is 14.5. The van der Waals surface area contributed by atoms with Crippen molar-refractivity contribution in [3.05, 3.63) is 59.8 Å². The van der Waals surface area contributed by atoms with Gasteiger partial charge in [0, 0.05) is 18.1 Å². The molecule has 4 rings (SSSR count). The molecule has 1 aliphatic heterocycles. The first-order valence-electron chi connectivity index (χ1n) is 8.35. The van der Waals surface area contributed by atoms with E-state index in [1.165, 1.54) is 0 Å². The average molecular weight is 350 g/mol. The summed E-state index contributed by atoms with van der Waals surface area (Å²) in [6.45, 7) is 2.04. The molecule has 6 heteroatoms. The summed E-state index contributed by atoms with van der Waals surface area (Å²) in [7, 11) is 1.55. The van der Waals surface area contributed by atoms with Crippen LogP contribution in [-0.4, -0.2) is 24.3 Å². The van der Waals surface area contributed by atoms with Crippen molar-refractivity contribution in [3.63, 3.8) is 0 Å². The summed E-state index contributed by atoms with van der Waals surface area (Å²) < 4.78 is 16.3. The summed E-state index contributed by atoms with van der Waals surface area (Å²) in [6.07, 6.45) is 1.04. The normalized spacial score (nSPS) is 15.2. The highest BCUT2D eigenvalue weighted by Gasteiger charge is 2.21. The van der Waals surface area contributed by atoms with Crippen molar-refractivity contribution in [1.82, 2.24) is 5.16 Å². The van der Waals surface area contributed by atoms with Crippen LogP contribution in [-0.2, 0) is 6.42 Å². The van der Waals surface area contributed by atoms with E-state index in [1.807, 2.05) is 37.3 Å². The summed E-state index contributed by atoms with van der Waals surface area (Å²) in [6, 6.07) is 14.7. The number of carbonyl (C=O) groups excluding carboxylic acids is 1. The number of benzene rings is 2. The van der Waals surface area contributed by atoms with Crippen LogP contribution in [0.5, 0.6) is 11.5 Å². The molecule has 1 N–H and O–H groups in total. The molecular weight excluding hydrogens is 332 g/mol. The molecule has 6 nitrogen and oxygen atoms in total. The predicted octanol–water partition coefficient (Wildman–Crippen LogP) is 3.93. The lowest BCUT2D eigenvalue weighted by atomic mass is 10.1. The molecule has 132 valence electrons. The molecule has 0 saturated carbocycles. The van der Waals surface area contributed by atoms with Crippen LogP contribution in [0.2, 0.25) is 0 Å². The number of para-hydroxylation sites is 2. The smallest absolute Gasteiger partial charge is 0.277 e. The van der Waals surface area contributed by atoms with Gasteiger partial charge in [-0.25, -0.2) is 0 Å². The molecule has 1 amide bonds. The van der Waals surface area contributed by atoms with Crippen LogP contribution in [0, 0.1) is 0 Å². The number of ether oxygens (including phenoxy) is 2. The third-order valence-corrected chi connectivity index (χ3v) is 4.28. The van der Waals surface area contributed by atoms with Gasteiger partial charge in [-0.3, -0.25) is 4.79 Å². The quantitative estimate of drug-likeness (QED) is 0.772. The molecule has 1 aromatic heterocycles. The zero-order valence-corrected chi connectivity index (χ0v) is 14.5. The number of rotatable bonds is 4. The van der Waals surface area contributed by atoms with Gasteiger partial charge in [-0.2, -0.15) is 0 Å². The Hall–Kier alpha value is -3.28. The lowest BCUT2D eigenvalue weighted by Gasteiger charge is -2.08. The summed E-state index contributed by atoms with van der Waals surface area (Å²) in [5.74, 6) is 1.66. The number of anilines is 1. The number of hydrogen-bond donors (Lipinski definition) is 1. The van der Waals surface area contributed by atoms with Gasteiger partial charge in [0.2, 0.25) is 0 Å². The Bertz CT molecular complexity index is 964. The molecule has 0 radical (unpaired) electrons. The van der Waals surface area contributed by atoms with Gasteiger partial charge in [0.05, 0.1) is 12.8 Å². The number of carbonyl (C=O) groups is 1. The van der Waals surface area contributed by atoms with Gasteiger partial charge in [-0.1, -0.05) is 17.3 Å². The van der Waals surface area contributed by atoms with Crippen molar-refractivity contribution in [2.45, 2.75) is 19.4 Å². The maximum absolute atomic E-state index is 12.4. The van der Waals surface area contributed by atoms with Crippen LogP contribution >= 0.6 is 0 Å². The highest BCUT2D eigenvalue weighted by Crippen LogP contribution is 2.33. The molecule has 0 bridgehead atoms. The second-order valence-electron chi connectivity index (χ2n) is 6.19. The number of aromatic nitrogens is 1. The van der Waals surface area contributed by atoms with E-state index in [9.17, 15) is 4.79 Å². The fourth-order valence-corrected chi connectivity index (χ4v) is 3.03. The second kappa shape index (κ2) is 6.55. The van der Waals surface area contributed by atoms with Crippen LogP contribution in [0.25, 0.3) is 11.3 Å². The van der Waals surface area contributed by atoms with Gasteiger partial charge >= 0.3 is 0 Å². The molecule has 1 aliphatic rings. The molecular formula is C20H18N2O4. The summed E-state index contributed by atoms with van der Waals surface area (Å²) in [5, 5.41) is 6.68. The summed E-state index contributed by atoms with van der Waals surface area (Å²) >= 11 is 0. The molecule has 0 unspecified atom stereocenters. The van der Waals surface area contributed by atoms with Gasteiger partial charge in [-0.15, -0.1) is 0 Å². The molecule has 26 heavy (non-hydrogen) atoms. The number of nitrogens with one attached hydrogen (secondary N) is 1. The van der Waals surface area contributed by atoms with Gasteiger partial charge in [-0.05, 0) is 42.8 Å². The van der Waals surface area contributed by atoms with Gasteiger partial charge in [0.15, 0.2) is 11.5 Å². The minimum Gasteiger partial charge on any atom is -0.495 e. The Kier molecular flexibility index (Phi) is 4.08. The van der Waals surface area contributed by atoms with E-state index in [0.29, 0.717) is 17.2 Å². The van der Waals surface area contributed by atoms with Crippen molar-refractivity contribution in [2.24, 2.45) is 0 Å². The third-order valence-electron chi connectivity index (χ3n) is 4.28. The Morgan fingerprint density at radius 1 is 1.23 bits per heavy atom. The maximum Gasteiger partial charge on any atom is 0.277 e. The topological polar surface area (TPSA) is 73.6 Å². The molecule has 0 saturated heterocycles. The van der Waals surface area contributed by atoms with Crippen molar-refractivity contribution >= 4 is 11.6 Å². The van der Waals surface area contributed by atoms with Crippen molar-refractivity contribution in [3.8, 4) is 22.8 Å². The number of fused-ring (bicyclic) bond motifs is 1. The third kappa shape index (κ3) is 3.01. The number of nitrogens with zero attached hydrogens (tertiary/aromatic N) is 1. The Morgan fingerprint density at radius 2 is 2.08 bits per heavy atom. The van der Waals surface area contributed by atoms with E-state index in [4.69, 9.17) is 14.0 Å². The number of hydrogen-bond acceptors (Lipinski definition) is 5. The van der Waals surface area contributed by atoms with Crippen molar-refractivity contribution in [2.75, 3.05) is 12.4 Å². The van der Waals surface area contributed by atoms with Crippen molar-refractivity contribution in [1.29, 1.82) is 0 Å². The molecule has 1 atom stereocenters. The van der Waals surface area contributed by atoms with E-state index in [0.717, 1.165) is 23.3 Å². The average Bonchev–Trinajstić information content (AvgIpc) is 3.27. The van der Waals surface area contributed by atoms with Gasteiger partial charge in [0.25, 0.3) is 5.91 Å². The highest BCUT2D eigenvalue weighted by atomic mass is 16.5. The lowest BCUT2D eigenvalue weighted by molar-refractivity contribution is 0.101. The minimum atomic E-state index is -0.359. The standard InChI is InChI=1S/C20H18N2O4/c1-12-9-14-10-13(7-8-17(14)25-12)19-11-16(22-26-19)20(23)21-15-5-3-4-6-18(15)24-2/h3-8,10-12H,9H2,1-2H3,(H,21,23)/t12-/m0/s1. The first-order chi connectivity index (χ1) is 12.6. The van der Waals surface area contributed by atoms with Crippen LogP contribution in [0.1, 0.15) is 23.0 Å². The van der Waals surface area contributed by atoms with Crippen LogP contribution in [0.3, 0.4) is 0 Å². The summed E-state index contributed by atoms with van der Waals surface area (Å²) in [5.41, 5.74) is 2.78. The Labute approximate surface area is 150 Å². The van der Waals surface area contributed by atoms with E-state index in [1.54, 1.807) is 25.3 Å². The van der Waals surface area contributed by atoms with E-state index in [-0.39, 0.29) is 17.7 Å². The predicted molar refractivity (Wildman–Crippen MR) is 96.7 cm³/mol. The maximum atomic E-state index is 12.4. The molecule has 3 aromatic rings. The fraction of sp³-hybridized carbons (Fsp3) is 0.200. The highest BCUT2D eigenvalue weighted by molar-refractivity contribution is 6.04. The Balaban J connectivity index is 1.55. The van der Waals surface area contributed by atoms with E-state index in [2.05, 4.69) is 10.5 Å². The lowest BCUT2D eigenvalue weighted by Crippen LogP contribution is -2.12. The van der Waals surface area contributed by atoms with Crippen LogP contribution in [0.4, 0.5) is 5.69 Å². The van der Waals surface area contributed by atoms with Gasteiger partial charge in [0.1, 0.15) is 17.6 Å². The zero-order chi connectivity index (χ0) is 18.1. The molecule has 0 fully saturated rings. The monoisotopic (exact) mass is 350 g/mol. The van der Waals surface area contributed by atoms with Crippen molar-refractivity contribution < 1.29 is 18.8 Å². The van der Waals surface area contributed by atoms with E-state index >= 15 is 0 Å². The number of amides is 1. The Morgan fingerprint density at radius 3 is 2.92 bits per heavy atom. The second-order valence-corrected chi connectivity index (χ2v) is 6.19. The largest absolute Gasteiger partial charge is 0.495 e. The SMILES string of the molecule is COc1ccccc1NC(=O)c1cc(-c2ccc3c(c2)C[C@H](C)O3)on1. The first-order valence-corrected chi connectivity index (χ1v) is 8.35. The molecule has 2 aromatic carbocycles. The van der Waals surface area contributed by atoms with Crippen LogP contribution in [0.15, 0.2) is 53.1 Å². The van der Waals surface area contributed by atoms with Gasteiger partial charge < -0.3 is 19.3 Å². The number of methoxy groups -OCH3 is 1. The molecule has 0 aliphatic carbocycles. The van der Waals surface area contributed by atoms with E-state index < -0.39 is 0 Å². The first kappa shape index (κ1) is 16.2. The molecule has 2 heterocycles. The van der Waals surface area contributed by atoms with Crippen LogP contribution < -0.4 is 14.8 Å². The minimum absolute atomic E-state index is 0.178. The fourth-order valence-electron chi connectivity index (χ4n) is 3.03. The molecule has 0 spiro atoms.